The molecule has 0 saturated carbocycles. The highest BCUT2D eigenvalue weighted by atomic mass is 32.2. The third-order valence-corrected chi connectivity index (χ3v) is 4.09. The van der Waals surface area contributed by atoms with Gasteiger partial charge >= 0.3 is 0 Å². The molecule has 0 atom stereocenters. The van der Waals surface area contributed by atoms with E-state index in [0.29, 0.717) is 12.5 Å². The Labute approximate surface area is 127 Å². The molecule has 0 saturated heterocycles. The molecule has 114 valence electrons. The molecule has 0 aliphatic rings. The van der Waals surface area contributed by atoms with Crippen LogP contribution in [0.2, 0.25) is 0 Å². The molecular weight excluding hydrogens is 268 g/mol. The van der Waals surface area contributed by atoms with Crippen LogP contribution in [0.3, 0.4) is 0 Å². The summed E-state index contributed by atoms with van der Waals surface area (Å²) in [5, 5.41) is 0. The van der Waals surface area contributed by atoms with Gasteiger partial charge in [0.05, 0.1) is 6.61 Å². The highest BCUT2D eigenvalue weighted by Gasteiger charge is 2.14. The summed E-state index contributed by atoms with van der Waals surface area (Å²) in [5.41, 5.74) is 8.53. The molecular formula is C16H28N2OS. The topological polar surface area (TPSA) is 38.5 Å². The fourth-order valence-corrected chi connectivity index (χ4v) is 3.15. The molecule has 0 aromatic heterocycles. The average Bonchev–Trinajstić information content (AvgIpc) is 2.43. The first-order chi connectivity index (χ1) is 9.63. The van der Waals surface area contributed by atoms with Crippen molar-refractivity contribution in [2.45, 2.75) is 32.2 Å². The van der Waals surface area contributed by atoms with E-state index < -0.39 is 0 Å². The number of thioether (sulfide) groups is 1. The van der Waals surface area contributed by atoms with E-state index in [1.165, 1.54) is 16.1 Å². The van der Waals surface area contributed by atoms with E-state index in [1.54, 1.807) is 7.11 Å². The van der Waals surface area contributed by atoms with Gasteiger partial charge in [-0.3, -0.25) is 0 Å². The molecule has 0 radical (unpaired) electrons. The van der Waals surface area contributed by atoms with E-state index in [2.05, 4.69) is 43.9 Å². The summed E-state index contributed by atoms with van der Waals surface area (Å²) >= 11 is 1.86. The quantitative estimate of drug-likeness (QED) is 0.709. The Bertz CT molecular complexity index is 396. The number of hydrogen-bond donors (Lipinski definition) is 1. The average molecular weight is 296 g/mol. The zero-order valence-corrected chi connectivity index (χ0v) is 14.0. The lowest BCUT2D eigenvalue weighted by molar-refractivity contribution is 0.204. The van der Waals surface area contributed by atoms with Crippen molar-refractivity contribution in [3.63, 3.8) is 0 Å². The van der Waals surface area contributed by atoms with Gasteiger partial charge in [0, 0.05) is 42.9 Å². The van der Waals surface area contributed by atoms with Gasteiger partial charge in [-0.05, 0) is 23.8 Å². The van der Waals surface area contributed by atoms with Crippen LogP contribution < -0.4 is 10.6 Å². The second kappa shape index (κ2) is 9.27. The van der Waals surface area contributed by atoms with Gasteiger partial charge in [-0.2, -0.15) is 0 Å². The molecule has 0 spiro atoms. The van der Waals surface area contributed by atoms with E-state index >= 15 is 0 Å². The van der Waals surface area contributed by atoms with Crippen molar-refractivity contribution in [1.82, 2.24) is 0 Å². The minimum absolute atomic E-state index is 0.583. The molecule has 0 aliphatic heterocycles. The van der Waals surface area contributed by atoms with Crippen molar-refractivity contribution in [1.29, 1.82) is 0 Å². The number of ether oxygens (including phenoxy) is 1. The minimum Gasteiger partial charge on any atom is -0.383 e. The Hall–Kier alpha value is -0.710. The number of nitrogens with two attached hydrogens (primary N) is 1. The molecule has 1 aromatic rings. The zero-order valence-electron chi connectivity index (χ0n) is 13.2. The van der Waals surface area contributed by atoms with Crippen molar-refractivity contribution >= 4 is 17.4 Å². The Balaban J connectivity index is 3.06. The van der Waals surface area contributed by atoms with Gasteiger partial charge in [0.2, 0.25) is 0 Å². The van der Waals surface area contributed by atoms with Gasteiger partial charge < -0.3 is 15.4 Å². The predicted octanol–water partition coefficient (Wildman–Crippen LogP) is 3.37. The summed E-state index contributed by atoms with van der Waals surface area (Å²) in [7, 11) is 1.75. The lowest BCUT2D eigenvalue weighted by atomic mass is 10.1. The largest absolute Gasteiger partial charge is 0.383 e. The van der Waals surface area contributed by atoms with E-state index in [0.717, 1.165) is 25.4 Å². The number of nitrogens with zero attached hydrogens (tertiary/aromatic N) is 1. The Morgan fingerprint density at radius 3 is 2.65 bits per heavy atom. The molecule has 3 nitrogen and oxygen atoms in total. The molecule has 0 fully saturated rings. The summed E-state index contributed by atoms with van der Waals surface area (Å²) < 4.78 is 5.25. The first-order valence-electron chi connectivity index (χ1n) is 7.32. The second-order valence-electron chi connectivity index (χ2n) is 5.22. The van der Waals surface area contributed by atoms with Crippen LogP contribution >= 0.6 is 11.8 Å². The summed E-state index contributed by atoms with van der Waals surface area (Å²) in [6, 6.07) is 6.48. The number of anilines is 1. The fraction of sp³-hybridized carbons (Fsp3) is 0.625. The van der Waals surface area contributed by atoms with Crippen LogP contribution in [-0.2, 0) is 11.3 Å². The third kappa shape index (κ3) is 5.00. The van der Waals surface area contributed by atoms with Crippen molar-refractivity contribution in [2.75, 3.05) is 37.5 Å². The van der Waals surface area contributed by atoms with Gasteiger partial charge in [-0.15, -0.1) is 11.8 Å². The van der Waals surface area contributed by atoms with Gasteiger partial charge in [0.25, 0.3) is 0 Å². The first kappa shape index (κ1) is 17.3. The normalized spacial score (nSPS) is 11.1. The summed E-state index contributed by atoms with van der Waals surface area (Å²) in [5.74, 6) is 1.68. The van der Waals surface area contributed by atoms with Crippen LogP contribution in [-0.4, -0.2) is 32.6 Å². The molecule has 2 N–H and O–H groups in total. The zero-order chi connectivity index (χ0) is 15.0. The van der Waals surface area contributed by atoms with Crippen LogP contribution in [0, 0.1) is 5.92 Å². The number of rotatable bonds is 9. The predicted molar refractivity (Wildman–Crippen MR) is 89.7 cm³/mol. The number of benzene rings is 1. The SMILES string of the molecule is CCSc1cccc(N(CCOC)CC(C)C)c1CN. The minimum atomic E-state index is 0.583. The molecule has 0 unspecified atom stereocenters. The first-order valence-corrected chi connectivity index (χ1v) is 8.31. The lowest BCUT2D eigenvalue weighted by Gasteiger charge is -2.29. The van der Waals surface area contributed by atoms with E-state index in [1.807, 2.05) is 11.8 Å². The highest BCUT2D eigenvalue weighted by molar-refractivity contribution is 7.99. The van der Waals surface area contributed by atoms with Gasteiger partial charge in [0.1, 0.15) is 0 Å². The monoisotopic (exact) mass is 296 g/mol. The Kier molecular flexibility index (Phi) is 8.04. The molecule has 0 heterocycles. The summed E-state index contributed by atoms with van der Waals surface area (Å²) in [6.45, 7) is 9.91. The number of hydrogen-bond acceptors (Lipinski definition) is 4. The van der Waals surface area contributed by atoms with Crippen LogP contribution in [0.15, 0.2) is 23.1 Å². The smallest absolute Gasteiger partial charge is 0.0637 e. The molecule has 4 heteroatoms. The Morgan fingerprint density at radius 1 is 1.35 bits per heavy atom. The molecule has 20 heavy (non-hydrogen) atoms. The standard InChI is InChI=1S/C16H28N2OS/c1-5-20-16-8-6-7-15(14(16)11-17)18(9-10-19-4)12-13(2)3/h6-8,13H,5,9-12,17H2,1-4H3. The van der Waals surface area contributed by atoms with E-state index in [-0.39, 0.29) is 0 Å². The van der Waals surface area contributed by atoms with Crippen molar-refractivity contribution in [3.8, 4) is 0 Å². The maximum Gasteiger partial charge on any atom is 0.0637 e. The lowest BCUT2D eigenvalue weighted by Crippen LogP contribution is -2.32. The summed E-state index contributed by atoms with van der Waals surface area (Å²) in [6.07, 6.45) is 0. The van der Waals surface area contributed by atoms with Crippen molar-refractivity contribution in [3.05, 3.63) is 23.8 Å². The van der Waals surface area contributed by atoms with Crippen LogP contribution in [0.5, 0.6) is 0 Å². The molecule has 0 bridgehead atoms. The van der Waals surface area contributed by atoms with E-state index in [9.17, 15) is 0 Å². The molecule has 0 aliphatic carbocycles. The van der Waals surface area contributed by atoms with Gasteiger partial charge in [0.15, 0.2) is 0 Å². The fourth-order valence-electron chi connectivity index (χ4n) is 2.30. The molecule has 0 amide bonds. The second-order valence-corrected chi connectivity index (χ2v) is 6.53. The van der Waals surface area contributed by atoms with Gasteiger partial charge in [-0.1, -0.05) is 26.8 Å². The molecule has 1 rings (SSSR count). The van der Waals surface area contributed by atoms with Crippen LogP contribution in [0.25, 0.3) is 0 Å². The Morgan fingerprint density at radius 2 is 2.10 bits per heavy atom. The van der Waals surface area contributed by atoms with Crippen LogP contribution in [0.4, 0.5) is 5.69 Å². The summed E-state index contributed by atoms with van der Waals surface area (Å²) in [4.78, 5) is 3.70. The van der Waals surface area contributed by atoms with E-state index in [4.69, 9.17) is 10.5 Å². The van der Waals surface area contributed by atoms with Crippen molar-refractivity contribution < 1.29 is 4.74 Å². The maximum absolute atomic E-state index is 6.01. The molecule has 1 aromatic carbocycles. The number of methoxy groups -OCH3 is 1. The van der Waals surface area contributed by atoms with Gasteiger partial charge in [-0.25, -0.2) is 0 Å². The highest BCUT2D eigenvalue weighted by Crippen LogP contribution is 2.31. The van der Waals surface area contributed by atoms with Crippen molar-refractivity contribution in [2.24, 2.45) is 11.7 Å². The van der Waals surface area contributed by atoms with Crippen LogP contribution in [0.1, 0.15) is 26.3 Å². The third-order valence-electron chi connectivity index (χ3n) is 3.10. The maximum atomic E-state index is 6.01.